The van der Waals surface area contributed by atoms with Crippen LogP contribution in [0.3, 0.4) is 0 Å². The Hall–Kier alpha value is -1.64. The molecule has 0 radical (unpaired) electrons. The summed E-state index contributed by atoms with van der Waals surface area (Å²) in [4.78, 5) is 0. The van der Waals surface area contributed by atoms with Crippen LogP contribution in [0, 0.1) is 0 Å². The number of aryl methyl sites for hydroxylation is 1. The zero-order valence-electron chi connectivity index (χ0n) is 11.0. The van der Waals surface area contributed by atoms with E-state index in [2.05, 4.69) is 6.07 Å². The van der Waals surface area contributed by atoms with Crippen LogP contribution in [-0.2, 0) is 16.8 Å². The Morgan fingerprint density at radius 3 is 2.47 bits per heavy atom. The Morgan fingerprint density at radius 1 is 1.05 bits per heavy atom. The average Bonchev–Trinajstić information content (AvgIpc) is 2.80. The second-order valence-corrected chi connectivity index (χ2v) is 5.11. The van der Waals surface area contributed by atoms with Crippen molar-refractivity contribution in [1.29, 1.82) is 0 Å². The van der Waals surface area contributed by atoms with Gasteiger partial charge in [0.05, 0.1) is 0 Å². The zero-order chi connectivity index (χ0) is 13.3. The average molecular weight is 254 g/mol. The lowest BCUT2D eigenvalue weighted by Gasteiger charge is -2.33. The normalized spacial score (nSPS) is 23.1. The van der Waals surface area contributed by atoms with Crippen molar-refractivity contribution in [3.8, 4) is 0 Å². The van der Waals surface area contributed by atoms with E-state index < -0.39 is 5.60 Å². The Morgan fingerprint density at radius 2 is 1.74 bits per heavy atom. The van der Waals surface area contributed by atoms with Crippen LogP contribution in [0.25, 0.3) is 0 Å². The Balaban J connectivity index is 2.05. The molecule has 1 aliphatic carbocycles. The summed E-state index contributed by atoms with van der Waals surface area (Å²) in [6, 6.07) is 18.0. The number of benzene rings is 2. The molecule has 2 aromatic rings. The summed E-state index contributed by atoms with van der Waals surface area (Å²) in [6.45, 7) is 0. The fourth-order valence-electron chi connectivity index (χ4n) is 3.13. The van der Waals surface area contributed by atoms with Gasteiger partial charge in [-0.3, -0.25) is 0 Å². The van der Waals surface area contributed by atoms with Gasteiger partial charge in [-0.25, -0.2) is 0 Å². The van der Waals surface area contributed by atoms with E-state index in [0.29, 0.717) is 6.42 Å². The number of hydrogen-bond acceptors (Lipinski definition) is 2. The molecular formula is C17H18O2. The minimum Gasteiger partial charge on any atom is -0.382 e. The first-order chi connectivity index (χ1) is 9.25. The summed E-state index contributed by atoms with van der Waals surface area (Å²) in [5.74, 6) is 0. The molecule has 1 unspecified atom stereocenters. The summed E-state index contributed by atoms with van der Waals surface area (Å²) < 4.78 is 5.63. The first-order valence-corrected chi connectivity index (χ1v) is 6.64. The molecule has 3 rings (SSSR count). The van der Waals surface area contributed by atoms with E-state index in [9.17, 15) is 5.11 Å². The monoisotopic (exact) mass is 254 g/mol. The summed E-state index contributed by atoms with van der Waals surface area (Å²) in [5, 5.41) is 11.1. The standard InChI is InChI=1S/C17H18O2/c1-19-16(14-8-3-2-4-9-14)17(18)12-11-13-7-5-6-10-15(13)17/h2-10,16,18H,11-12H2,1H3/t16-,17?/m0/s1. The van der Waals surface area contributed by atoms with Gasteiger partial charge < -0.3 is 9.84 Å². The van der Waals surface area contributed by atoms with Crippen LogP contribution in [0.1, 0.15) is 29.2 Å². The lowest BCUT2D eigenvalue weighted by atomic mass is 9.85. The molecule has 1 N–H and O–H groups in total. The van der Waals surface area contributed by atoms with Crippen molar-refractivity contribution < 1.29 is 9.84 Å². The quantitative estimate of drug-likeness (QED) is 0.911. The third kappa shape index (κ3) is 1.97. The second-order valence-electron chi connectivity index (χ2n) is 5.11. The summed E-state index contributed by atoms with van der Waals surface area (Å²) in [7, 11) is 1.66. The van der Waals surface area contributed by atoms with Crippen LogP contribution in [-0.4, -0.2) is 12.2 Å². The fraction of sp³-hybridized carbons (Fsp3) is 0.294. The van der Waals surface area contributed by atoms with Crippen LogP contribution >= 0.6 is 0 Å². The van der Waals surface area contributed by atoms with Crippen molar-refractivity contribution >= 4 is 0 Å². The maximum absolute atomic E-state index is 11.1. The van der Waals surface area contributed by atoms with Crippen molar-refractivity contribution in [1.82, 2.24) is 0 Å². The predicted octanol–water partition coefficient (Wildman–Crippen LogP) is 3.21. The molecule has 19 heavy (non-hydrogen) atoms. The van der Waals surface area contributed by atoms with E-state index in [1.54, 1.807) is 7.11 Å². The number of hydrogen-bond donors (Lipinski definition) is 1. The molecule has 0 bridgehead atoms. The molecule has 0 fully saturated rings. The van der Waals surface area contributed by atoms with Crippen LogP contribution in [0.15, 0.2) is 54.6 Å². The molecule has 0 heterocycles. The zero-order valence-corrected chi connectivity index (χ0v) is 11.0. The second kappa shape index (κ2) is 4.80. The van der Waals surface area contributed by atoms with Crippen LogP contribution < -0.4 is 0 Å². The van der Waals surface area contributed by atoms with E-state index in [0.717, 1.165) is 17.5 Å². The van der Waals surface area contributed by atoms with Gasteiger partial charge in [-0.1, -0.05) is 54.6 Å². The molecule has 0 aliphatic heterocycles. The Bertz CT molecular complexity index is 564. The van der Waals surface area contributed by atoms with Crippen LogP contribution in [0.2, 0.25) is 0 Å². The SMILES string of the molecule is CO[C@@H](c1ccccc1)C1(O)CCc2ccccc21. The van der Waals surface area contributed by atoms with E-state index in [1.807, 2.05) is 48.5 Å². The number of aliphatic hydroxyl groups is 1. The van der Waals surface area contributed by atoms with Gasteiger partial charge in [-0.15, -0.1) is 0 Å². The van der Waals surface area contributed by atoms with E-state index >= 15 is 0 Å². The maximum atomic E-state index is 11.1. The van der Waals surface area contributed by atoms with Gasteiger partial charge in [0, 0.05) is 7.11 Å². The number of methoxy groups -OCH3 is 1. The molecule has 2 atom stereocenters. The predicted molar refractivity (Wildman–Crippen MR) is 74.9 cm³/mol. The summed E-state index contributed by atoms with van der Waals surface area (Å²) in [6.07, 6.45) is 1.29. The van der Waals surface area contributed by atoms with Crippen molar-refractivity contribution in [3.05, 3.63) is 71.3 Å². The third-order valence-electron chi connectivity index (χ3n) is 4.03. The fourth-order valence-corrected chi connectivity index (χ4v) is 3.13. The molecule has 0 aromatic heterocycles. The molecule has 2 heteroatoms. The molecule has 0 spiro atoms. The van der Waals surface area contributed by atoms with Crippen molar-refractivity contribution in [2.24, 2.45) is 0 Å². The highest BCUT2D eigenvalue weighted by Crippen LogP contribution is 2.46. The smallest absolute Gasteiger partial charge is 0.120 e. The number of rotatable bonds is 3. The molecule has 0 amide bonds. The molecule has 98 valence electrons. The highest BCUT2D eigenvalue weighted by Gasteiger charge is 2.44. The van der Waals surface area contributed by atoms with E-state index in [-0.39, 0.29) is 6.10 Å². The molecular weight excluding hydrogens is 236 g/mol. The largest absolute Gasteiger partial charge is 0.382 e. The van der Waals surface area contributed by atoms with Gasteiger partial charge in [-0.2, -0.15) is 0 Å². The Labute approximate surface area is 113 Å². The van der Waals surface area contributed by atoms with Gasteiger partial charge in [0.15, 0.2) is 0 Å². The van der Waals surface area contributed by atoms with E-state index in [1.165, 1.54) is 5.56 Å². The van der Waals surface area contributed by atoms with Gasteiger partial charge in [-0.05, 0) is 29.5 Å². The third-order valence-corrected chi connectivity index (χ3v) is 4.03. The lowest BCUT2D eigenvalue weighted by Crippen LogP contribution is -2.32. The minimum atomic E-state index is -0.924. The van der Waals surface area contributed by atoms with Gasteiger partial charge >= 0.3 is 0 Å². The van der Waals surface area contributed by atoms with Crippen molar-refractivity contribution in [2.45, 2.75) is 24.5 Å². The molecule has 2 nitrogen and oxygen atoms in total. The van der Waals surface area contributed by atoms with Crippen LogP contribution in [0.5, 0.6) is 0 Å². The number of ether oxygens (including phenoxy) is 1. The minimum absolute atomic E-state index is 0.322. The summed E-state index contributed by atoms with van der Waals surface area (Å²) >= 11 is 0. The molecule has 2 aromatic carbocycles. The van der Waals surface area contributed by atoms with Crippen molar-refractivity contribution in [2.75, 3.05) is 7.11 Å². The Kier molecular flexibility index (Phi) is 3.13. The lowest BCUT2D eigenvalue weighted by molar-refractivity contribution is -0.101. The van der Waals surface area contributed by atoms with Crippen molar-refractivity contribution in [3.63, 3.8) is 0 Å². The highest BCUT2D eigenvalue weighted by atomic mass is 16.5. The first kappa shape index (κ1) is 12.4. The van der Waals surface area contributed by atoms with Gasteiger partial charge in [0.2, 0.25) is 0 Å². The highest BCUT2D eigenvalue weighted by molar-refractivity contribution is 5.40. The molecule has 1 aliphatic rings. The maximum Gasteiger partial charge on any atom is 0.120 e. The van der Waals surface area contributed by atoms with Gasteiger partial charge in [0.25, 0.3) is 0 Å². The molecule has 0 saturated carbocycles. The van der Waals surface area contributed by atoms with E-state index in [4.69, 9.17) is 4.74 Å². The van der Waals surface area contributed by atoms with Gasteiger partial charge in [0.1, 0.15) is 11.7 Å². The number of fused-ring (bicyclic) bond motifs is 1. The summed E-state index contributed by atoms with van der Waals surface area (Å²) in [5.41, 5.74) is 2.32. The molecule has 0 saturated heterocycles. The topological polar surface area (TPSA) is 29.5 Å². The van der Waals surface area contributed by atoms with Crippen LogP contribution in [0.4, 0.5) is 0 Å². The first-order valence-electron chi connectivity index (χ1n) is 6.64.